The minimum Gasteiger partial charge on any atom is -0.399 e. The Morgan fingerprint density at radius 1 is 1.23 bits per heavy atom. The number of rotatable bonds is 2. The van der Waals surface area contributed by atoms with E-state index in [1.165, 1.54) is 6.39 Å². The number of anilines is 1. The van der Waals surface area contributed by atoms with Crippen LogP contribution in [0.4, 0.5) is 5.69 Å². The van der Waals surface area contributed by atoms with Crippen LogP contribution in [0.25, 0.3) is 0 Å². The fourth-order valence-electron chi connectivity index (χ4n) is 1.09. The van der Waals surface area contributed by atoms with Gasteiger partial charge >= 0.3 is 0 Å². The molecule has 0 saturated heterocycles. The number of hydrogen-bond acceptors (Lipinski definition) is 4. The number of nitrogens with two attached hydrogens (primary N) is 1. The second-order valence-corrected chi connectivity index (χ2v) is 2.77. The van der Waals surface area contributed by atoms with Gasteiger partial charge in [-0.05, 0) is 17.7 Å². The predicted octanol–water partition coefficient (Wildman–Crippen LogP) is 1.24. The Labute approximate surface area is 75.4 Å². The van der Waals surface area contributed by atoms with E-state index in [1.807, 2.05) is 24.3 Å². The molecule has 2 aromatic rings. The lowest BCUT2D eigenvalue weighted by Crippen LogP contribution is -1.91. The summed E-state index contributed by atoms with van der Waals surface area (Å²) in [4.78, 5) is 3.92. The zero-order valence-corrected chi connectivity index (χ0v) is 6.97. The van der Waals surface area contributed by atoms with Crippen molar-refractivity contribution in [2.75, 3.05) is 5.73 Å². The molecule has 0 aliphatic heterocycles. The highest BCUT2D eigenvalue weighted by Gasteiger charge is 1.99. The molecule has 2 rings (SSSR count). The Balaban J connectivity index is 2.15. The van der Waals surface area contributed by atoms with E-state index < -0.39 is 0 Å². The molecule has 4 heteroatoms. The summed E-state index contributed by atoms with van der Waals surface area (Å²) in [6.45, 7) is 0. The van der Waals surface area contributed by atoms with E-state index in [4.69, 9.17) is 5.73 Å². The van der Waals surface area contributed by atoms with Crippen molar-refractivity contribution >= 4 is 5.69 Å². The van der Waals surface area contributed by atoms with Crippen LogP contribution in [0.15, 0.2) is 35.2 Å². The fraction of sp³-hybridized carbons (Fsp3) is 0.111. The summed E-state index contributed by atoms with van der Waals surface area (Å²) in [5, 5.41) is 3.72. The summed E-state index contributed by atoms with van der Waals surface area (Å²) >= 11 is 0. The maximum atomic E-state index is 5.55. The molecule has 0 radical (unpaired) electrons. The topological polar surface area (TPSA) is 64.9 Å². The molecule has 4 nitrogen and oxygen atoms in total. The molecule has 0 amide bonds. The van der Waals surface area contributed by atoms with Crippen LogP contribution >= 0.6 is 0 Å². The highest BCUT2D eigenvalue weighted by molar-refractivity contribution is 5.39. The third-order valence-corrected chi connectivity index (χ3v) is 1.75. The van der Waals surface area contributed by atoms with Gasteiger partial charge in [-0.2, -0.15) is 4.98 Å². The molecule has 1 aromatic heterocycles. The van der Waals surface area contributed by atoms with Gasteiger partial charge in [0.25, 0.3) is 0 Å². The Morgan fingerprint density at radius 2 is 2.00 bits per heavy atom. The van der Waals surface area contributed by atoms with Crippen molar-refractivity contribution in [3.8, 4) is 0 Å². The average Bonchev–Trinajstić information content (AvgIpc) is 2.62. The van der Waals surface area contributed by atoms with Crippen molar-refractivity contribution in [3.63, 3.8) is 0 Å². The lowest BCUT2D eigenvalue weighted by Gasteiger charge is -1.96. The first kappa shape index (κ1) is 7.79. The van der Waals surface area contributed by atoms with Gasteiger partial charge < -0.3 is 10.3 Å². The molecule has 0 aliphatic rings. The van der Waals surface area contributed by atoms with Gasteiger partial charge in [0.15, 0.2) is 5.82 Å². The van der Waals surface area contributed by atoms with E-state index in [1.54, 1.807) is 0 Å². The van der Waals surface area contributed by atoms with E-state index in [-0.39, 0.29) is 0 Å². The van der Waals surface area contributed by atoms with Crippen LogP contribution in [0.1, 0.15) is 11.4 Å². The van der Waals surface area contributed by atoms with Gasteiger partial charge in [-0.25, -0.2) is 0 Å². The maximum Gasteiger partial charge on any atom is 0.213 e. The van der Waals surface area contributed by atoms with Gasteiger partial charge in [0.2, 0.25) is 6.39 Å². The molecule has 0 atom stereocenters. The van der Waals surface area contributed by atoms with Gasteiger partial charge in [0.05, 0.1) is 0 Å². The van der Waals surface area contributed by atoms with Crippen LogP contribution in [0, 0.1) is 0 Å². The van der Waals surface area contributed by atoms with Crippen molar-refractivity contribution in [3.05, 3.63) is 42.0 Å². The van der Waals surface area contributed by atoms with Crippen LogP contribution < -0.4 is 5.73 Å². The molecule has 0 bridgehead atoms. The Hall–Kier alpha value is -1.84. The second-order valence-electron chi connectivity index (χ2n) is 2.77. The molecule has 1 heterocycles. The van der Waals surface area contributed by atoms with Gasteiger partial charge in [-0.15, -0.1) is 0 Å². The second kappa shape index (κ2) is 3.26. The van der Waals surface area contributed by atoms with Crippen LogP contribution in [0.2, 0.25) is 0 Å². The SMILES string of the molecule is Nc1ccc(Cc2ncon2)cc1. The number of hydrogen-bond donors (Lipinski definition) is 1. The van der Waals surface area contributed by atoms with Crippen LogP contribution in [0.3, 0.4) is 0 Å². The molecule has 2 N–H and O–H groups in total. The monoisotopic (exact) mass is 175 g/mol. The van der Waals surface area contributed by atoms with Crippen molar-refractivity contribution in [1.82, 2.24) is 10.1 Å². The molecule has 0 spiro atoms. The average molecular weight is 175 g/mol. The minimum atomic E-state index is 0.677. The largest absolute Gasteiger partial charge is 0.399 e. The maximum absolute atomic E-state index is 5.55. The Bertz CT molecular complexity index is 366. The molecular formula is C9H9N3O. The van der Waals surface area contributed by atoms with Crippen LogP contribution in [-0.4, -0.2) is 10.1 Å². The third kappa shape index (κ3) is 1.84. The summed E-state index contributed by atoms with van der Waals surface area (Å²) in [6.07, 6.45) is 2.00. The third-order valence-electron chi connectivity index (χ3n) is 1.75. The van der Waals surface area contributed by atoms with E-state index >= 15 is 0 Å². The first-order chi connectivity index (χ1) is 6.34. The molecule has 0 unspecified atom stereocenters. The normalized spacial score (nSPS) is 10.2. The highest BCUT2D eigenvalue weighted by Crippen LogP contribution is 2.08. The molecule has 0 saturated carbocycles. The number of nitrogen functional groups attached to an aromatic ring is 1. The standard InChI is InChI=1S/C9H9N3O/c10-8-3-1-7(2-4-8)5-9-11-6-13-12-9/h1-4,6H,5,10H2. The van der Waals surface area contributed by atoms with Gasteiger partial charge in [0, 0.05) is 12.1 Å². The summed E-state index contributed by atoms with van der Waals surface area (Å²) in [6, 6.07) is 7.61. The minimum absolute atomic E-state index is 0.677. The first-order valence-corrected chi connectivity index (χ1v) is 3.94. The quantitative estimate of drug-likeness (QED) is 0.697. The smallest absolute Gasteiger partial charge is 0.213 e. The summed E-state index contributed by atoms with van der Waals surface area (Å²) in [5.74, 6) is 0.685. The van der Waals surface area contributed by atoms with Crippen LogP contribution in [-0.2, 0) is 6.42 Å². The predicted molar refractivity (Wildman–Crippen MR) is 48.0 cm³/mol. The molecule has 66 valence electrons. The van der Waals surface area contributed by atoms with Gasteiger partial charge in [-0.1, -0.05) is 17.3 Å². The lowest BCUT2D eigenvalue weighted by molar-refractivity contribution is 0.411. The van der Waals surface area contributed by atoms with Crippen molar-refractivity contribution < 1.29 is 4.52 Å². The molecule has 13 heavy (non-hydrogen) atoms. The van der Waals surface area contributed by atoms with Crippen LogP contribution in [0.5, 0.6) is 0 Å². The first-order valence-electron chi connectivity index (χ1n) is 3.94. The molecule has 0 fully saturated rings. The number of aromatic nitrogens is 2. The number of benzene rings is 1. The summed E-state index contributed by atoms with van der Waals surface area (Å²) in [5.41, 5.74) is 7.43. The molecule has 0 aliphatic carbocycles. The molecular weight excluding hydrogens is 166 g/mol. The fourth-order valence-corrected chi connectivity index (χ4v) is 1.09. The molecule has 1 aromatic carbocycles. The Morgan fingerprint density at radius 3 is 2.62 bits per heavy atom. The van der Waals surface area contributed by atoms with Crippen molar-refractivity contribution in [2.24, 2.45) is 0 Å². The zero-order valence-electron chi connectivity index (χ0n) is 6.97. The van der Waals surface area contributed by atoms with E-state index in [0.717, 1.165) is 11.3 Å². The zero-order chi connectivity index (χ0) is 9.10. The van der Waals surface area contributed by atoms with Gasteiger partial charge in [0.1, 0.15) is 0 Å². The number of nitrogens with zero attached hydrogens (tertiary/aromatic N) is 2. The summed E-state index contributed by atoms with van der Waals surface area (Å²) in [7, 11) is 0. The Kier molecular flexibility index (Phi) is 1.96. The van der Waals surface area contributed by atoms with Gasteiger partial charge in [-0.3, -0.25) is 0 Å². The van der Waals surface area contributed by atoms with E-state index in [9.17, 15) is 0 Å². The van der Waals surface area contributed by atoms with Crippen molar-refractivity contribution in [2.45, 2.75) is 6.42 Å². The van der Waals surface area contributed by atoms with E-state index in [2.05, 4.69) is 14.7 Å². The van der Waals surface area contributed by atoms with E-state index in [0.29, 0.717) is 12.2 Å². The lowest BCUT2D eigenvalue weighted by atomic mass is 10.1. The highest BCUT2D eigenvalue weighted by atomic mass is 16.5. The van der Waals surface area contributed by atoms with Crippen molar-refractivity contribution in [1.29, 1.82) is 0 Å². The summed E-state index contributed by atoms with van der Waals surface area (Å²) < 4.78 is 4.62.